The van der Waals surface area contributed by atoms with E-state index in [1.165, 1.54) is 51.7 Å². The number of likely N-dealkylation sites (tertiary alicyclic amines) is 1. The van der Waals surface area contributed by atoms with Crippen molar-refractivity contribution in [3.05, 3.63) is 0 Å². The predicted octanol–water partition coefficient (Wildman–Crippen LogP) is 2.48. The van der Waals surface area contributed by atoms with Crippen molar-refractivity contribution in [2.24, 2.45) is 17.6 Å². The van der Waals surface area contributed by atoms with Crippen LogP contribution in [0, 0.1) is 11.8 Å². The molecule has 1 fully saturated rings. The van der Waals surface area contributed by atoms with E-state index in [4.69, 9.17) is 5.73 Å². The van der Waals surface area contributed by atoms with Crippen molar-refractivity contribution in [2.75, 3.05) is 26.2 Å². The fraction of sp³-hybridized carbons (Fsp3) is 1.00. The van der Waals surface area contributed by atoms with E-state index in [0.717, 1.165) is 18.4 Å². The number of hydrogen-bond donors (Lipinski definition) is 1. The third kappa shape index (κ3) is 4.98. The second kappa shape index (κ2) is 7.24. The minimum Gasteiger partial charge on any atom is -0.330 e. The number of nitrogens with zero attached hydrogens (tertiary/aromatic N) is 1. The van der Waals surface area contributed by atoms with Crippen LogP contribution in [0.15, 0.2) is 0 Å². The standard InChI is InChI=1S/C13H28N2/c1-3-13-6-9-15(10-7-13)11-12(2)5-4-8-14/h12-13H,3-11,14H2,1-2H3. The molecule has 0 aromatic heterocycles. The minimum atomic E-state index is 0.826. The molecule has 1 rings (SSSR count). The van der Waals surface area contributed by atoms with Gasteiger partial charge in [-0.3, -0.25) is 0 Å². The first-order valence-electron chi connectivity index (χ1n) is 6.68. The molecule has 1 atom stereocenters. The molecular formula is C13H28N2. The molecule has 2 nitrogen and oxygen atoms in total. The van der Waals surface area contributed by atoms with Crippen LogP contribution in [0.25, 0.3) is 0 Å². The van der Waals surface area contributed by atoms with Gasteiger partial charge in [0.25, 0.3) is 0 Å². The molecule has 15 heavy (non-hydrogen) atoms. The molecule has 0 aliphatic carbocycles. The van der Waals surface area contributed by atoms with Gasteiger partial charge in [0.1, 0.15) is 0 Å². The zero-order valence-electron chi connectivity index (χ0n) is 10.5. The summed E-state index contributed by atoms with van der Waals surface area (Å²) in [4.78, 5) is 2.65. The summed E-state index contributed by atoms with van der Waals surface area (Å²) in [5, 5.41) is 0. The lowest BCUT2D eigenvalue weighted by atomic mass is 9.93. The van der Waals surface area contributed by atoms with Crippen LogP contribution in [-0.4, -0.2) is 31.1 Å². The van der Waals surface area contributed by atoms with Crippen molar-refractivity contribution >= 4 is 0 Å². The van der Waals surface area contributed by atoms with Crippen LogP contribution >= 0.6 is 0 Å². The Kier molecular flexibility index (Phi) is 6.26. The summed E-state index contributed by atoms with van der Waals surface area (Å²) >= 11 is 0. The highest BCUT2D eigenvalue weighted by atomic mass is 15.1. The molecule has 0 amide bonds. The Bertz CT molecular complexity index is 151. The van der Waals surface area contributed by atoms with E-state index < -0.39 is 0 Å². The maximum atomic E-state index is 5.53. The first-order chi connectivity index (χ1) is 7.26. The van der Waals surface area contributed by atoms with Crippen LogP contribution in [0.3, 0.4) is 0 Å². The van der Waals surface area contributed by atoms with Gasteiger partial charge in [-0.1, -0.05) is 20.3 Å². The van der Waals surface area contributed by atoms with Gasteiger partial charge < -0.3 is 10.6 Å². The van der Waals surface area contributed by atoms with Crippen molar-refractivity contribution < 1.29 is 0 Å². The van der Waals surface area contributed by atoms with E-state index in [2.05, 4.69) is 18.7 Å². The average Bonchev–Trinajstić information content (AvgIpc) is 2.27. The van der Waals surface area contributed by atoms with E-state index in [0.29, 0.717) is 0 Å². The molecule has 1 unspecified atom stereocenters. The Morgan fingerprint density at radius 1 is 1.33 bits per heavy atom. The normalized spacial score (nSPS) is 21.8. The Morgan fingerprint density at radius 2 is 2.00 bits per heavy atom. The van der Waals surface area contributed by atoms with Crippen molar-refractivity contribution in [1.29, 1.82) is 0 Å². The lowest BCUT2D eigenvalue weighted by Gasteiger charge is -2.33. The van der Waals surface area contributed by atoms with Crippen molar-refractivity contribution in [2.45, 2.75) is 46.0 Å². The van der Waals surface area contributed by atoms with Gasteiger partial charge >= 0.3 is 0 Å². The summed E-state index contributed by atoms with van der Waals surface area (Å²) in [6.45, 7) is 9.47. The monoisotopic (exact) mass is 212 g/mol. The smallest absolute Gasteiger partial charge is 0.000703 e. The SMILES string of the molecule is CCC1CCN(CC(C)CCCN)CC1. The van der Waals surface area contributed by atoms with Crippen molar-refractivity contribution in [3.63, 3.8) is 0 Å². The lowest BCUT2D eigenvalue weighted by molar-refractivity contribution is 0.159. The number of hydrogen-bond acceptors (Lipinski definition) is 2. The molecule has 0 radical (unpaired) electrons. The lowest BCUT2D eigenvalue weighted by Crippen LogP contribution is -2.36. The van der Waals surface area contributed by atoms with Gasteiger partial charge in [-0.2, -0.15) is 0 Å². The molecule has 2 heteroatoms. The molecular weight excluding hydrogens is 184 g/mol. The molecule has 1 heterocycles. The minimum absolute atomic E-state index is 0.826. The second-order valence-electron chi connectivity index (χ2n) is 5.19. The highest BCUT2D eigenvalue weighted by molar-refractivity contribution is 4.72. The maximum absolute atomic E-state index is 5.53. The molecule has 0 spiro atoms. The quantitative estimate of drug-likeness (QED) is 0.733. The van der Waals surface area contributed by atoms with Gasteiger partial charge in [-0.15, -0.1) is 0 Å². The van der Waals surface area contributed by atoms with Gasteiger partial charge in [-0.25, -0.2) is 0 Å². The largest absolute Gasteiger partial charge is 0.330 e. The van der Waals surface area contributed by atoms with Gasteiger partial charge in [0, 0.05) is 6.54 Å². The molecule has 0 aromatic carbocycles. The molecule has 90 valence electrons. The van der Waals surface area contributed by atoms with Crippen molar-refractivity contribution in [3.8, 4) is 0 Å². The Labute approximate surface area is 95.2 Å². The van der Waals surface area contributed by atoms with E-state index in [-0.39, 0.29) is 0 Å². The first-order valence-corrected chi connectivity index (χ1v) is 6.68. The number of nitrogens with two attached hydrogens (primary N) is 1. The Morgan fingerprint density at radius 3 is 2.53 bits per heavy atom. The second-order valence-corrected chi connectivity index (χ2v) is 5.19. The first kappa shape index (κ1) is 13.0. The fourth-order valence-corrected chi connectivity index (χ4v) is 2.58. The Balaban J connectivity index is 2.12. The third-order valence-electron chi connectivity index (χ3n) is 3.76. The van der Waals surface area contributed by atoms with E-state index >= 15 is 0 Å². The molecule has 0 saturated carbocycles. The van der Waals surface area contributed by atoms with Crippen LogP contribution in [0.5, 0.6) is 0 Å². The molecule has 0 aromatic rings. The van der Waals surface area contributed by atoms with Gasteiger partial charge in [0.05, 0.1) is 0 Å². The van der Waals surface area contributed by atoms with Crippen LogP contribution in [0.4, 0.5) is 0 Å². The summed E-state index contributed by atoms with van der Waals surface area (Å²) in [6.07, 6.45) is 6.69. The summed E-state index contributed by atoms with van der Waals surface area (Å²) in [7, 11) is 0. The molecule has 1 aliphatic heterocycles. The van der Waals surface area contributed by atoms with Gasteiger partial charge in [-0.05, 0) is 57.2 Å². The van der Waals surface area contributed by atoms with Gasteiger partial charge in [0.15, 0.2) is 0 Å². The molecule has 0 bridgehead atoms. The van der Waals surface area contributed by atoms with Crippen LogP contribution in [-0.2, 0) is 0 Å². The predicted molar refractivity (Wildman–Crippen MR) is 66.9 cm³/mol. The van der Waals surface area contributed by atoms with Crippen LogP contribution < -0.4 is 5.73 Å². The zero-order valence-corrected chi connectivity index (χ0v) is 10.5. The summed E-state index contributed by atoms with van der Waals surface area (Å²) in [6, 6.07) is 0. The average molecular weight is 212 g/mol. The summed E-state index contributed by atoms with van der Waals surface area (Å²) in [5.41, 5.74) is 5.53. The number of rotatable bonds is 6. The fourth-order valence-electron chi connectivity index (χ4n) is 2.58. The molecule has 2 N–H and O–H groups in total. The van der Waals surface area contributed by atoms with E-state index in [9.17, 15) is 0 Å². The Hall–Kier alpha value is -0.0800. The topological polar surface area (TPSA) is 29.3 Å². The van der Waals surface area contributed by atoms with E-state index in [1.807, 2.05) is 0 Å². The molecule has 1 saturated heterocycles. The van der Waals surface area contributed by atoms with Crippen molar-refractivity contribution in [1.82, 2.24) is 4.90 Å². The molecule has 1 aliphatic rings. The van der Waals surface area contributed by atoms with Crippen LogP contribution in [0.1, 0.15) is 46.0 Å². The highest BCUT2D eigenvalue weighted by Crippen LogP contribution is 2.21. The third-order valence-corrected chi connectivity index (χ3v) is 3.76. The summed E-state index contributed by atoms with van der Waals surface area (Å²) in [5.74, 6) is 1.83. The zero-order chi connectivity index (χ0) is 11.1. The number of piperidine rings is 1. The van der Waals surface area contributed by atoms with E-state index in [1.54, 1.807) is 0 Å². The van der Waals surface area contributed by atoms with Gasteiger partial charge in [0.2, 0.25) is 0 Å². The summed E-state index contributed by atoms with van der Waals surface area (Å²) < 4.78 is 0. The highest BCUT2D eigenvalue weighted by Gasteiger charge is 2.18. The van der Waals surface area contributed by atoms with Crippen LogP contribution in [0.2, 0.25) is 0 Å². The maximum Gasteiger partial charge on any atom is 0.000703 e.